The van der Waals surface area contributed by atoms with Gasteiger partial charge < -0.3 is 5.73 Å². The molecule has 114 valence electrons. The Morgan fingerprint density at radius 3 is 2.08 bits per heavy atom. The Morgan fingerprint density at radius 1 is 0.958 bits per heavy atom. The topological polar surface area (TPSA) is 104 Å². The summed E-state index contributed by atoms with van der Waals surface area (Å²) < 4.78 is 4.35. The predicted octanol–water partition coefficient (Wildman–Crippen LogP) is 3.32. The smallest absolute Gasteiger partial charge is 0.252 e. The number of rotatable bonds is 3. The van der Waals surface area contributed by atoms with Crippen LogP contribution in [0.2, 0.25) is 0 Å². The maximum atomic E-state index is 12.1. The monoisotopic (exact) mass is 330 g/mol. The first-order chi connectivity index (χ1) is 11.7. The van der Waals surface area contributed by atoms with E-state index in [1.165, 1.54) is 0 Å². The van der Waals surface area contributed by atoms with Gasteiger partial charge in [0.15, 0.2) is 0 Å². The lowest BCUT2D eigenvalue weighted by Crippen LogP contribution is -2.12. The largest absolute Gasteiger partial charge is 0.365 e. The Bertz CT molecular complexity index is 949. The second-order valence-electron chi connectivity index (χ2n) is 4.91. The molecule has 2 aromatic carbocycles. The number of benzene rings is 2. The van der Waals surface area contributed by atoms with E-state index in [1.807, 2.05) is 0 Å². The molecule has 1 amide bonds. The number of primary amides is 1. The van der Waals surface area contributed by atoms with Crippen molar-refractivity contribution in [3.63, 3.8) is 0 Å². The molecule has 0 bridgehead atoms. The van der Waals surface area contributed by atoms with Crippen molar-refractivity contribution < 1.29 is 4.79 Å². The van der Waals surface area contributed by atoms with E-state index < -0.39 is 5.91 Å². The Morgan fingerprint density at radius 2 is 1.50 bits per heavy atom. The van der Waals surface area contributed by atoms with Crippen molar-refractivity contribution in [3.8, 4) is 33.8 Å². The second kappa shape index (κ2) is 6.33. The van der Waals surface area contributed by atoms with Crippen LogP contribution in [-0.2, 0) is 0 Å². The van der Waals surface area contributed by atoms with Gasteiger partial charge in [-0.2, -0.15) is 14.9 Å². The van der Waals surface area contributed by atoms with Gasteiger partial charge >= 0.3 is 0 Å². The molecule has 0 saturated heterocycles. The molecule has 3 rings (SSSR count). The molecule has 0 aliphatic heterocycles. The Kier molecular flexibility index (Phi) is 4.07. The van der Waals surface area contributed by atoms with Crippen molar-refractivity contribution in [2.24, 2.45) is 5.73 Å². The number of nitrogens with two attached hydrogens (primary N) is 1. The minimum absolute atomic E-state index is 0.227. The van der Waals surface area contributed by atoms with Crippen LogP contribution in [0.15, 0.2) is 48.5 Å². The number of carbonyl (C=O) groups excluding carboxylic acids is 1. The summed E-state index contributed by atoms with van der Waals surface area (Å²) in [7, 11) is 0. The molecule has 0 unspecified atom stereocenters. The zero-order valence-electron chi connectivity index (χ0n) is 12.4. The van der Waals surface area contributed by atoms with E-state index in [0.717, 1.165) is 11.5 Å². The molecule has 0 spiro atoms. The highest BCUT2D eigenvalue weighted by Gasteiger charge is 2.23. The van der Waals surface area contributed by atoms with Gasteiger partial charge in [-0.1, -0.05) is 36.4 Å². The first kappa shape index (κ1) is 15.4. The van der Waals surface area contributed by atoms with E-state index in [-0.39, 0.29) is 5.56 Å². The van der Waals surface area contributed by atoms with E-state index in [1.54, 1.807) is 48.5 Å². The maximum absolute atomic E-state index is 12.1. The first-order valence-corrected chi connectivity index (χ1v) is 7.73. The zero-order chi connectivity index (χ0) is 17.1. The van der Waals surface area contributed by atoms with Gasteiger partial charge in [0.1, 0.15) is 0 Å². The van der Waals surface area contributed by atoms with E-state index in [4.69, 9.17) is 5.73 Å². The van der Waals surface area contributed by atoms with Crippen molar-refractivity contribution in [1.29, 1.82) is 10.5 Å². The minimum atomic E-state index is -0.644. The van der Waals surface area contributed by atoms with Crippen LogP contribution in [0.3, 0.4) is 0 Å². The van der Waals surface area contributed by atoms with Crippen LogP contribution in [0, 0.1) is 22.7 Å². The maximum Gasteiger partial charge on any atom is 0.252 e. The molecule has 0 radical (unpaired) electrons. The molecule has 0 saturated carbocycles. The zero-order valence-corrected chi connectivity index (χ0v) is 13.2. The highest BCUT2D eigenvalue weighted by Crippen LogP contribution is 2.37. The third-order valence-corrected chi connectivity index (χ3v) is 4.41. The lowest BCUT2D eigenvalue weighted by atomic mass is 9.97. The highest BCUT2D eigenvalue weighted by molar-refractivity contribution is 7.10. The van der Waals surface area contributed by atoms with Gasteiger partial charge in [0.05, 0.1) is 39.4 Å². The molecule has 3 aromatic rings. The van der Waals surface area contributed by atoms with Gasteiger partial charge in [0.2, 0.25) is 0 Å². The Labute approximate surface area is 142 Å². The van der Waals surface area contributed by atoms with Gasteiger partial charge in [-0.05, 0) is 23.7 Å². The minimum Gasteiger partial charge on any atom is -0.365 e. The number of hydrogen-bond acceptors (Lipinski definition) is 5. The van der Waals surface area contributed by atoms with E-state index in [9.17, 15) is 15.3 Å². The molecular formula is C18H10N4OS. The van der Waals surface area contributed by atoms with Crippen molar-refractivity contribution in [3.05, 3.63) is 65.2 Å². The fraction of sp³-hybridized carbons (Fsp3) is 0. The standard InChI is InChI=1S/C18H10N4OS/c19-9-11-5-1-3-7-13(11)16-15(18(21)23)17(24-22-16)14-8-4-2-6-12(14)10-20/h1-8H,(H2,21,23). The lowest BCUT2D eigenvalue weighted by Gasteiger charge is -2.05. The molecular weight excluding hydrogens is 320 g/mol. The molecule has 1 heterocycles. The number of amides is 1. The van der Waals surface area contributed by atoms with Gasteiger partial charge in [0.25, 0.3) is 5.91 Å². The molecule has 24 heavy (non-hydrogen) atoms. The second-order valence-corrected chi connectivity index (χ2v) is 5.69. The number of nitrogens with zero attached hydrogens (tertiary/aromatic N) is 3. The molecule has 0 atom stereocenters. The van der Waals surface area contributed by atoms with Gasteiger partial charge in [-0.15, -0.1) is 0 Å². The summed E-state index contributed by atoms with van der Waals surface area (Å²) in [6.45, 7) is 0. The number of nitriles is 2. The third kappa shape index (κ3) is 2.52. The molecule has 0 aliphatic rings. The van der Waals surface area contributed by atoms with Crippen molar-refractivity contribution >= 4 is 17.4 Å². The van der Waals surface area contributed by atoms with Crippen LogP contribution in [0.4, 0.5) is 0 Å². The van der Waals surface area contributed by atoms with E-state index >= 15 is 0 Å². The van der Waals surface area contributed by atoms with Crippen molar-refractivity contribution in [1.82, 2.24) is 4.37 Å². The van der Waals surface area contributed by atoms with Gasteiger partial charge in [-0.3, -0.25) is 4.79 Å². The summed E-state index contributed by atoms with van der Waals surface area (Å²) in [5, 5.41) is 18.6. The van der Waals surface area contributed by atoms with Crippen molar-refractivity contribution in [2.45, 2.75) is 0 Å². The fourth-order valence-electron chi connectivity index (χ4n) is 2.45. The van der Waals surface area contributed by atoms with Crippen LogP contribution in [0.25, 0.3) is 21.7 Å². The van der Waals surface area contributed by atoms with Crippen LogP contribution >= 0.6 is 11.5 Å². The van der Waals surface area contributed by atoms with Gasteiger partial charge in [0, 0.05) is 11.1 Å². The van der Waals surface area contributed by atoms with Crippen molar-refractivity contribution in [2.75, 3.05) is 0 Å². The SMILES string of the molecule is N#Cc1ccccc1-c1nsc(-c2ccccc2C#N)c1C(N)=O. The summed E-state index contributed by atoms with van der Waals surface area (Å²) in [5.74, 6) is -0.644. The number of hydrogen-bond donors (Lipinski definition) is 1. The first-order valence-electron chi connectivity index (χ1n) is 6.96. The summed E-state index contributed by atoms with van der Waals surface area (Å²) in [6.07, 6.45) is 0. The van der Waals surface area contributed by atoms with Gasteiger partial charge in [-0.25, -0.2) is 0 Å². The average Bonchev–Trinajstić information content (AvgIpc) is 3.06. The van der Waals surface area contributed by atoms with Crippen LogP contribution < -0.4 is 5.73 Å². The summed E-state index contributed by atoms with van der Waals surface area (Å²) in [5.41, 5.74) is 8.17. The average molecular weight is 330 g/mol. The van der Waals surface area contributed by atoms with E-state index in [0.29, 0.717) is 32.8 Å². The van der Waals surface area contributed by atoms with Crippen LogP contribution in [0.1, 0.15) is 21.5 Å². The molecule has 0 fully saturated rings. The summed E-state index contributed by atoms with van der Waals surface area (Å²) in [4.78, 5) is 12.6. The Hall–Kier alpha value is -3.48. The predicted molar refractivity (Wildman–Crippen MR) is 90.9 cm³/mol. The summed E-state index contributed by atoms with van der Waals surface area (Å²) >= 11 is 1.09. The third-order valence-electron chi connectivity index (χ3n) is 3.53. The quantitative estimate of drug-likeness (QED) is 0.795. The summed E-state index contributed by atoms with van der Waals surface area (Å²) in [6, 6.07) is 18.0. The number of carbonyl (C=O) groups is 1. The van der Waals surface area contributed by atoms with Crippen LogP contribution in [-0.4, -0.2) is 10.3 Å². The molecule has 6 heteroatoms. The van der Waals surface area contributed by atoms with E-state index in [2.05, 4.69) is 16.5 Å². The lowest BCUT2D eigenvalue weighted by molar-refractivity contribution is 0.100. The van der Waals surface area contributed by atoms with Crippen LogP contribution in [0.5, 0.6) is 0 Å². The number of aromatic nitrogens is 1. The fourth-order valence-corrected chi connectivity index (χ4v) is 3.39. The molecule has 2 N–H and O–H groups in total. The molecule has 0 aliphatic carbocycles. The molecule has 1 aromatic heterocycles. The molecule has 5 nitrogen and oxygen atoms in total. The normalized spacial score (nSPS) is 9.92. The highest BCUT2D eigenvalue weighted by atomic mass is 32.1. The Balaban J connectivity index is 2.30.